The average Bonchev–Trinajstić information content (AvgIpc) is 2.17. The van der Waals surface area contributed by atoms with E-state index in [1.807, 2.05) is 19.1 Å². The Kier molecular flexibility index (Phi) is 3.32. The van der Waals surface area contributed by atoms with E-state index in [4.69, 9.17) is 5.73 Å². The first kappa shape index (κ1) is 10.1. The van der Waals surface area contributed by atoms with Gasteiger partial charge in [-0.25, -0.2) is 0 Å². The first-order chi connectivity index (χ1) is 6.19. The molecule has 72 valence electrons. The molecule has 0 heterocycles. The zero-order valence-electron chi connectivity index (χ0n) is 8.25. The van der Waals surface area contributed by atoms with Crippen LogP contribution >= 0.6 is 0 Å². The molecule has 2 heteroatoms. The SMILES string of the molecule is CCc1ccc(O)c(C(N)CC)c1. The van der Waals surface area contributed by atoms with Gasteiger partial charge in [0.1, 0.15) is 5.75 Å². The van der Waals surface area contributed by atoms with Crippen LogP contribution in [-0.2, 0) is 6.42 Å². The normalized spacial score (nSPS) is 12.8. The number of aromatic hydroxyl groups is 1. The Bertz CT molecular complexity index is 283. The summed E-state index contributed by atoms with van der Waals surface area (Å²) in [4.78, 5) is 0. The molecule has 1 unspecified atom stereocenters. The van der Waals surface area contributed by atoms with Crippen LogP contribution in [0, 0.1) is 0 Å². The molecule has 0 aromatic heterocycles. The van der Waals surface area contributed by atoms with Crippen molar-refractivity contribution in [2.24, 2.45) is 5.73 Å². The second-order valence-corrected chi connectivity index (χ2v) is 3.26. The minimum atomic E-state index is -0.0495. The number of nitrogens with two attached hydrogens (primary N) is 1. The van der Waals surface area contributed by atoms with Gasteiger partial charge in [0.15, 0.2) is 0 Å². The van der Waals surface area contributed by atoms with Gasteiger partial charge >= 0.3 is 0 Å². The molecular formula is C11H17NO. The van der Waals surface area contributed by atoms with E-state index < -0.39 is 0 Å². The van der Waals surface area contributed by atoms with Gasteiger partial charge in [-0.2, -0.15) is 0 Å². The molecule has 0 aliphatic rings. The standard InChI is InChI=1S/C11H17NO/c1-3-8-5-6-11(13)9(7-8)10(12)4-2/h5-7,10,13H,3-4,12H2,1-2H3. The molecule has 2 nitrogen and oxygen atoms in total. The fourth-order valence-corrected chi connectivity index (χ4v) is 1.34. The van der Waals surface area contributed by atoms with Crippen molar-refractivity contribution in [2.75, 3.05) is 0 Å². The van der Waals surface area contributed by atoms with E-state index in [0.717, 1.165) is 18.4 Å². The Hall–Kier alpha value is -1.02. The number of hydrogen-bond donors (Lipinski definition) is 2. The average molecular weight is 179 g/mol. The van der Waals surface area contributed by atoms with E-state index in [-0.39, 0.29) is 6.04 Å². The molecule has 0 aliphatic heterocycles. The summed E-state index contributed by atoms with van der Waals surface area (Å²) in [5.41, 5.74) is 7.94. The van der Waals surface area contributed by atoms with Crippen LogP contribution < -0.4 is 5.73 Å². The van der Waals surface area contributed by atoms with Crippen molar-refractivity contribution in [1.82, 2.24) is 0 Å². The van der Waals surface area contributed by atoms with E-state index in [0.29, 0.717) is 5.75 Å². The topological polar surface area (TPSA) is 46.2 Å². The Morgan fingerprint density at radius 1 is 1.38 bits per heavy atom. The first-order valence-corrected chi connectivity index (χ1v) is 4.76. The van der Waals surface area contributed by atoms with Crippen molar-refractivity contribution >= 4 is 0 Å². The maximum Gasteiger partial charge on any atom is 0.120 e. The van der Waals surface area contributed by atoms with E-state index in [9.17, 15) is 5.11 Å². The van der Waals surface area contributed by atoms with Crippen LogP contribution in [-0.4, -0.2) is 5.11 Å². The van der Waals surface area contributed by atoms with Crippen molar-refractivity contribution in [3.05, 3.63) is 29.3 Å². The molecule has 0 radical (unpaired) electrons. The van der Waals surface area contributed by atoms with Gasteiger partial charge in [-0.05, 0) is 24.5 Å². The van der Waals surface area contributed by atoms with Crippen molar-refractivity contribution in [3.63, 3.8) is 0 Å². The molecule has 0 aliphatic carbocycles. The predicted molar refractivity (Wildman–Crippen MR) is 54.7 cm³/mol. The van der Waals surface area contributed by atoms with Crippen molar-refractivity contribution in [2.45, 2.75) is 32.7 Å². The van der Waals surface area contributed by atoms with Crippen LogP contribution in [0.2, 0.25) is 0 Å². The number of phenols is 1. The zero-order chi connectivity index (χ0) is 9.84. The second kappa shape index (κ2) is 4.28. The fraction of sp³-hybridized carbons (Fsp3) is 0.455. The molecule has 0 bridgehead atoms. The van der Waals surface area contributed by atoms with Crippen LogP contribution in [0.4, 0.5) is 0 Å². The molecule has 1 aromatic carbocycles. The summed E-state index contributed by atoms with van der Waals surface area (Å²) < 4.78 is 0. The number of hydrogen-bond acceptors (Lipinski definition) is 2. The lowest BCUT2D eigenvalue weighted by Gasteiger charge is -2.12. The van der Waals surface area contributed by atoms with E-state index in [2.05, 4.69) is 6.92 Å². The molecule has 0 spiro atoms. The van der Waals surface area contributed by atoms with Crippen molar-refractivity contribution < 1.29 is 5.11 Å². The Labute approximate surface area is 79.4 Å². The Morgan fingerprint density at radius 3 is 2.62 bits per heavy atom. The highest BCUT2D eigenvalue weighted by molar-refractivity contribution is 5.38. The smallest absolute Gasteiger partial charge is 0.120 e. The first-order valence-electron chi connectivity index (χ1n) is 4.76. The summed E-state index contributed by atoms with van der Waals surface area (Å²) in [5.74, 6) is 0.312. The molecule has 1 aromatic rings. The van der Waals surface area contributed by atoms with E-state index in [1.54, 1.807) is 6.07 Å². The summed E-state index contributed by atoms with van der Waals surface area (Å²) in [6.07, 6.45) is 1.82. The van der Waals surface area contributed by atoms with Crippen LogP contribution in [0.5, 0.6) is 5.75 Å². The quantitative estimate of drug-likeness (QED) is 0.748. The van der Waals surface area contributed by atoms with Crippen LogP contribution in [0.3, 0.4) is 0 Å². The lowest BCUT2D eigenvalue weighted by molar-refractivity contribution is 0.460. The highest BCUT2D eigenvalue weighted by Crippen LogP contribution is 2.25. The molecule has 1 atom stereocenters. The maximum atomic E-state index is 9.55. The lowest BCUT2D eigenvalue weighted by atomic mass is 10.0. The number of aryl methyl sites for hydroxylation is 1. The van der Waals surface area contributed by atoms with Crippen LogP contribution in [0.1, 0.15) is 37.4 Å². The third-order valence-electron chi connectivity index (χ3n) is 2.34. The van der Waals surface area contributed by atoms with Gasteiger partial charge in [-0.1, -0.05) is 26.0 Å². The highest BCUT2D eigenvalue weighted by atomic mass is 16.3. The lowest BCUT2D eigenvalue weighted by Crippen LogP contribution is -2.09. The number of phenolic OH excluding ortho intramolecular Hbond substituents is 1. The summed E-state index contributed by atoms with van der Waals surface area (Å²) in [5, 5.41) is 9.55. The van der Waals surface area contributed by atoms with Crippen molar-refractivity contribution in [3.8, 4) is 5.75 Å². The van der Waals surface area contributed by atoms with Gasteiger partial charge in [-0.15, -0.1) is 0 Å². The monoisotopic (exact) mass is 179 g/mol. The minimum absolute atomic E-state index is 0.0495. The summed E-state index contributed by atoms with van der Waals surface area (Å²) >= 11 is 0. The van der Waals surface area contributed by atoms with Crippen molar-refractivity contribution in [1.29, 1.82) is 0 Å². The van der Waals surface area contributed by atoms with E-state index in [1.165, 1.54) is 5.56 Å². The molecular weight excluding hydrogens is 162 g/mol. The number of rotatable bonds is 3. The molecule has 13 heavy (non-hydrogen) atoms. The fourth-order valence-electron chi connectivity index (χ4n) is 1.34. The molecule has 0 amide bonds. The van der Waals surface area contributed by atoms with Crippen LogP contribution in [0.15, 0.2) is 18.2 Å². The second-order valence-electron chi connectivity index (χ2n) is 3.26. The van der Waals surface area contributed by atoms with Gasteiger partial charge in [-0.3, -0.25) is 0 Å². The highest BCUT2D eigenvalue weighted by Gasteiger charge is 2.08. The molecule has 0 saturated carbocycles. The Morgan fingerprint density at radius 2 is 2.08 bits per heavy atom. The zero-order valence-corrected chi connectivity index (χ0v) is 8.25. The molecule has 0 fully saturated rings. The minimum Gasteiger partial charge on any atom is -0.508 e. The maximum absolute atomic E-state index is 9.55. The van der Waals surface area contributed by atoms with Gasteiger partial charge in [0.25, 0.3) is 0 Å². The molecule has 3 N–H and O–H groups in total. The summed E-state index contributed by atoms with van der Waals surface area (Å²) in [6.45, 7) is 4.11. The van der Waals surface area contributed by atoms with Crippen LogP contribution in [0.25, 0.3) is 0 Å². The van der Waals surface area contributed by atoms with Gasteiger partial charge in [0.2, 0.25) is 0 Å². The van der Waals surface area contributed by atoms with Gasteiger partial charge in [0, 0.05) is 11.6 Å². The van der Waals surface area contributed by atoms with E-state index >= 15 is 0 Å². The van der Waals surface area contributed by atoms with Gasteiger partial charge < -0.3 is 10.8 Å². The predicted octanol–water partition coefficient (Wildman–Crippen LogP) is 2.36. The van der Waals surface area contributed by atoms with Gasteiger partial charge in [0.05, 0.1) is 0 Å². The molecule has 0 saturated heterocycles. The third kappa shape index (κ3) is 2.22. The number of benzene rings is 1. The summed E-state index contributed by atoms with van der Waals surface area (Å²) in [6, 6.07) is 5.60. The third-order valence-corrected chi connectivity index (χ3v) is 2.34. The largest absolute Gasteiger partial charge is 0.508 e. The molecule has 1 rings (SSSR count). The summed E-state index contributed by atoms with van der Waals surface area (Å²) in [7, 11) is 0. The Balaban J connectivity index is 3.03.